The molecule has 0 amide bonds. The molecule has 1 aromatic rings. The Kier molecular flexibility index (Phi) is 3.67. The molecule has 0 bridgehead atoms. The van der Waals surface area contributed by atoms with Gasteiger partial charge < -0.3 is 0 Å². The van der Waals surface area contributed by atoms with Gasteiger partial charge in [0.05, 0.1) is 0 Å². The summed E-state index contributed by atoms with van der Waals surface area (Å²) in [5.41, 5.74) is 1.52. The van der Waals surface area contributed by atoms with Gasteiger partial charge in [-0.2, -0.15) is 0 Å². The molecule has 3 heteroatoms. The minimum absolute atomic E-state index is 0.669. The van der Waals surface area contributed by atoms with E-state index in [1.807, 2.05) is 12.2 Å². The number of alkyl halides is 1. The lowest BCUT2D eigenvalue weighted by molar-refractivity contribution is 0.112. The summed E-state index contributed by atoms with van der Waals surface area (Å²) in [5, 5.41) is 0.778. The maximum absolute atomic E-state index is 10.5. The van der Waals surface area contributed by atoms with E-state index in [-0.39, 0.29) is 0 Å². The highest BCUT2D eigenvalue weighted by Gasteiger charge is 1.94. The van der Waals surface area contributed by atoms with Gasteiger partial charge in [0.1, 0.15) is 0 Å². The Hall–Kier alpha value is -0.960. The van der Waals surface area contributed by atoms with Crippen molar-refractivity contribution in [1.29, 1.82) is 0 Å². The molecule has 0 saturated carbocycles. The average Bonchev–Trinajstić information content (AvgIpc) is 2.15. The van der Waals surface area contributed by atoms with Crippen LogP contribution in [0.25, 0.3) is 6.08 Å². The van der Waals surface area contributed by atoms with Gasteiger partial charge in [-0.25, -0.2) is 0 Å². The largest absolute Gasteiger partial charge is 0.298 e. The highest BCUT2D eigenvalue weighted by atomic mass is 79.9. The Balaban J connectivity index is 2.96. The molecule has 1 rings (SSSR count). The van der Waals surface area contributed by atoms with Crippen molar-refractivity contribution in [1.82, 2.24) is 4.98 Å². The van der Waals surface area contributed by atoms with E-state index in [9.17, 15) is 4.79 Å². The Labute approximate surface area is 79.5 Å². The molecule has 0 fully saturated rings. The van der Waals surface area contributed by atoms with Crippen LogP contribution in [0.2, 0.25) is 0 Å². The summed E-state index contributed by atoms with van der Waals surface area (Å²) in [6.45, 7) is 0. The molecule has 0 aliphatic rings. The van der Waals surface area contributed by atoms with Gasteiger partial charge in [0.2, 0.25) is 0 Å². The topological polar surface area (TPSA) is 30.0 Å². The SMILES string of the molecule is O=Cc1ccncc1C=CCBr. The summed E-state index contributed by atoms with van der Waals surface area (Å²) in [6, 6.07) is 1.70. The summed E-state index contributed by atoms with van der Waals surface area (Å²) >= 11 is 3.26. The van der Waals surface area contributed by atoms with Crippen molar-refractivity contribution < 1.29 is 4.79 Å². The Bertz CT molecular complexity index is 296. The number of halogens is 1. The number of hydrogen-bond donors (Lipinski definition) is 0. The van der Waals surface area contributed by atoms with Crippen LogP contribution in [0, 0.1) is 0 Å². The number of aromatic nitrogens is 1. The number of rotatable bonds is 3. The minimum Gasteiger partial charge on any atom is -0.298 e. The standard InChI is InChI=1S/C9H8BrNO/c10-4-1-2-8-6-11-5-3-9(8)7-12/h1-3,5-7H,4H2. The zero-order valence-corrected chi connectivity index (χ0v) is 7.99. The van der Waals surface area contributed by atoms with Crippen LogP contribution in [0.1, 0.15) is 15.9 Å². The fourth-order valence-corrected chi connectivity index (χ4v) is 1.02. The van der Waals surface area contributed by atoms with Crippen molar-refractivity contribution in [2.45, 2.75) is 0 Å². The molecular weight excluding hydrogens is 218 g/mol. The maximum Gasteiger partial charge on any atom is 0.150 e. The third kappa shape index (κ3) is 2.27. The quantitative estimate of drug-likeness (QED) is 0.584. The molecule has 0 aliphatic heterocycles. The highest BCUT2D eigenvalue weighted by Crippen LogP contribution is 2.06. The second-order valence-electron chi connectivity index (χ2n) is 2.18. The average molecular weight is 226 g/mol. The lowest BCUT2D eigenvalue weighted by Crippen LogP contribution is -1.86. The van der Waals surface area contributed by atoms with Gasteiger partial charge in [-0.15, -0.1) is 0 Å². The second kappa shape index (κ2) is 4.83. The number of carbonyl (C=O) groups excluding carboxylic acids is 1. The van der Waals surface area contributed by atoms with Crippen molar-refractivity contribution in [3.05, 3.63) is 35.7 Å². The molecular formula is C9H8BrNO. The van der Waals surface area contributed by atoms with Crippen LogP contribution in [0.4, 0.5) is 0 Å². The van der Waals surface area contributed by atoms with Crippen molar-refractivity contribution in [2.24, 2.45) is 0 Å². The molecule has 0 radical (unpaired) electrons. The lowest BCUT2D eigenvalue weighted by Gasteiger charge is -1.94. The molecule has 0 unspecified atom stereocenters. The third-order valence-corrected chi connectivity index (χ3v) is 1.77. The first-order chi connectivity index (χ1) is 5.88. The Morgan fingerprint density at radius 3 is 3.00 bits per heavy atom. The number of aldehydes is 1. The molecule has 1 heterocycles. The first kappa shape index (κ1) is 9.13. The minimum atomic E-state index is 0.669. The molecule has 12 heavy (non-hydrogen) atoms. The summed E-state index contributed by atoms with van der Waals surface area (Å²) < 4.78 is 0. The predicted molar refractivity (Wildman–Crippen MR) is 52.5 cm³/mol. The van der Waals surface area contributed by atoms with Gasteiger partial charge in [-0.3, -0.25) is 9.78 Å². The Morgan fingerprint density at radius 1 is 1.50 bits per heavy atom. The van der Waals surface area contributed by atoms with E-state index in [2.05, 4.69) is 20.9 Å². The molecule has 0 N–H and O–H groups in total. The van der Waals surface area contributed by atoms with E-state index in [0.717, 1.165) is 17.2 Å². The van der Waals surface area contributed by atoms with E-state index < -0.39 is 0 Å². The number of nitrogens with zero attached hydrogens (tertiary/aromatic N) is 1. The summed E-state index contributed by atoms with van der Waals surface area (Å²) in [5.74, 6) is 0. The van der Waals surface area contributed by atoms with Crippen molar-refractivity contribution >= 4 is 28.3 Å². The molecule has 2 nitrogen and oxygen atoms in total. The second-order valence-corrected chi connectivity index (χ2v) is 2.83. The van der Waals surface area contributed by atoms with Gasteiger partial charge in [0.25, 0.3) is 0 Å². The molecule has 0 saturated heterocycles. The zero-order chi connectivity index (χ0) is 8.81. The number of hydrogen-bond acceptors (Lipinski definition) is 2. The number of carbonyl (C=O) groups is 1. The van der Waals surface area contributed by atoms with Crippen LogP contribution in [0.3, 0.4) is 0 Å². The van der Waals surface area contributed by atoms with Crippen LogP contribution in [-0.2, 0) is 0 Å². The van der Waals surface area contributed by atoms with Gasteiger partial charge in [-0.05, 0) is 6.07 Å². The fraction of sp³-hybridized carbons (Fsp3) is 0.111. The lowest BCUT2D eigenvalue weighted by atomic mass is 10.1. The van der Waals surface area contributed by atoms with E-state index in [1.165, 1.54) is 0 Å². The molecule has 0 aromatic carbocycles. The van der Waals surface area contributed by atoms with Crippen LogP contribution in [-0.4, -0.2) is 16.6 Å². The summed E-state index contributed by atoms with van der Waals surface area (Å²) in [4.78, 5) is 14.4. The van der Waals surface area contributed by atoms with Crippen molar-refractivity contribution in [2.75, 3.05) is 5.33 Å². The smallest absolute Gasteiger partial charge is 0.150 e. The monoisotopic (exact) mass is 225 g/mol. The molecule has 62 valence electrons. The van der Waals surface area contributed by atoms with Gasteiger partial charge in [0.15, 0.2) is 6.29 Å². The van der Waals surface area contributed by atoms with Gasteiger partial charge >= 0.3 is 0 Å². The zero-order valence-electron chi connectivity index (χ0n) is 6.40. The first-order valence-electron chi connectivity index (χ1n) is 3.50. The Morgan fingerprint density at radius 2 is 2.33 bits per heavy atom. The fourth-order valence-electron chi connectivity index (χ4n) is 0.836. The number of allylic oxidation sites excluding steroid dienone is 1. The predicted octanol–water partition coefficient (Wildman–Crippen LogP) is 2.30. The van der Waals surface area contributed by atoms with Crippen LogP contribution in [0.5, 0.6) is 0 Å². The van der Waals surface area contributed by atoms with Crippen LogP contribution < -0.4 is 0 Å². The van der Waals surface area contributed by atoms with E-state index >= 15 is 0 Å². The third-order valence-electron chi connectivity index (χ3n) is 1.40. The molecule has 0 spiro atoms. The molecule has 0 atom stereocenters. The van der Waals surface area contributed by atoms with Gasteiger partial charge in [-0.1, -0.05) is 28.1 Å². The summed E-state index contributed by atoms with van der Waals surface area (Å²) in [6.07, 6.45) is 7.89. The van der Waals surface area contributed by atoms with Crippen LogP contribution >= 0.6 is 15.9 Å². The number of pyridine rings is 1. The van der Waals surface area contributed by atoms with E-state index in [0.29, 0.717) is 5.56 Å². The first-order valence-corrected chi connectivity index (χ1v) is 4.62. The van der Waals surface area contributed by atoms with E-state index in [4.69, 9.17) is 0 Å². The summed E-state index contributed by atoms with van der Waals surface area (Å²) in [7, 11) is 0. The van der Waals surface area contributed by atoms with Crippen molar-refractivity contribution in [3.63, 3.8) is 0 Å². The van der Waals surface area contributed by atoms with Gasteiger partial charge in [0, 0.05) is 28.9 Å². The maximum atomic E-state index is 10.5. The van der Waals surface area contributed by atoms with Crippen LogP contribution in [0.15, 0.2) is 24.5 Å². The van der Waals surface area contributed by atoms with Crippen molar-refractivity contribution in [3.8, 4) is 0 Å². The highest BCUT2D eigenvalue weighted by molar-refractivity contribution is 9.09. The van der Waals surface area contributed by atoms with E-state index in [1.54, 1.807) is 18.5 Å². The molecule has 0 aliphatic carbocycles. The normalized spacial score (nSPS) is 10.4. The molecule has 1 aromatic heterocycles.